The molecule has 10 heteroatoms. The fourth-order valence-corrected chi connectivity index (χ4v) is 3.38. The van der Waals surface area contributed by atoms with Gasteiger partial charge in [0.1, 0.15) is 5.60 Å². The van der Waals surface area contributed by atoms with E-state index in [2.05, 4.69) is 4.98 Å². The zero-order valence-electron chi connectivity index (χ0n) is 18.0. The van der Waals surface area contributed by atoms with E-state index >= 15 is 0 Å². The molecule has 1 fully saturated rings. The van der Waals surface area contributed by atoms with Crippen molar-refractivity contribution in [1.29, 1.82) is 0 Å². The van der Waals surface area contributed by atoms with Crippen LogP contribution in [0.1, 0.15) is 55.6 Å². The van der Waals surface area contributed by atoms with Gasteiger partial charge in [-0.15, -0.1) is 0 Å². The molecule has 1 aromatic heterocycles. The summed E-state index contributed by atoms with van der Waals surface area (Å²) in [6.45, 7) is 11.8. The van der Waals surface area contributed by atoms with Gasteiger partial charge in [-0.3, -0.25) is 4.79 Å². The Morgan fingerprint density at radius 2 is 1.72 bits per heavy atom. The zero-order chi connectivity index (χ0) is 21.8. The number of aromatic nitrogens is 2. The number of ether oxygens (including phenoxy) is 2. The third-order valence-corrected chi connectivity index (χ3v) is 4.89. The van der Waals surface area contributed by atoms with Gasteiger partial charge in [0.2, 0.25) is 11.1 Å². The smallest absolute Gasteiger partial charge is 0.410 e. The largest absolute Gasteiger partial charge is 0.461 e. The standard InChI is InChI=1S/C19H30N4O5S/c1-7-23-14(15(24)27-8-2)13(16(25)29-6)20-17(23)21-9-11-22(12-10-21)18(26)28-19(3,4)5/h7-12H2,1-6H3. The van der Waals surface area contributed by atoms with Gasteiger partial charge in [-0.25, -0.2) is 14.6 Å². The second-order valence-corrected chi connectivity index (χ2v) is 8.30. The highest BCUT2D eigenvalue weighted by molar-refractivity contribution is 8.13. The molecule has 0 unspecified atom stereocenters. The van der Waals surface area contributed by atoms with E-state index in [1.165, 1.54) is 0 Å². The first-order valence-corrected chi connectivity index (χ1v) is 10.9. The number of carbonyl (C=O) groups is 3. The maximum Gasteiger partial charge on any atom is 0.410 e. The van der Waals surface area contributed by atoms with Crippen LogP contribution in [0, 0.1) is 0 Å². The molecule has 0 bridgehead atoms. The number of thioether (sulfide) groups is 1. The third kappa shape index (κ3) is 5.43. The van der Waals surface area contributed by atoms with E-state index in [-0.39, 0.29) is 29.2 Å². The quantitative estimate of drug-likeness (QED) is 0.664. The second-order valence-electron chi connectivity index (χ2n) is 7.52. The molecule has 162 valence electrons. The first-order valence-electron chi connectivity index (χ1n) is 9.71. The number of rotatable bonds is 5. The highest BCUT2D eigenvalue weighted by atomic mass is 32.2. The number of carbonyl (C=O) groups excluding carboxylic acids is 3. The average molecular weight is 427 g/mol. The average Bonchev–Trinajstić information content (AvgIpc) is 3.06. The molecule has 9 nitrogen and oxygen atoms in total. The van der Waals surface area contributed by atoms with Gasteiger partial charge in [0, 0.05) is 32.7 Å². The predicted octanol–water partition coefficient (Wildman–Crippen LogP) is 2.64. The molecule has 0 radical (unpaired) electrons. The van der Waals surface area contributed by atoms with Gasteiger partial charge < -0.3 is 23.8 Å². The van der Waals surface area contributed by atoms with Crippen molar-refractivity contribution in [2.45, 2.75) is 46.8 Å². The Kier molecular flexibility index (Phi) is 7.56. The van der Waals surface area contributed by atoms with Crippen molar-refractivity contribution in [3.63, 3.8) is 0 Å². The molecule has 1 aliphatic heterocycles. The van der Waals surface area contributed by atoms with Crippen molar-refractivity contribution in [1.82, 2.24) is 14.5 Å². The molecule has 0 saturated carbocycles. The lowest BCUT2D eigenvalue weighted by Gasteiger charge is -2.36. The van der Waals surface area contributed by atoms with Crippen LogP contribution in [0.5, 0.6) is 0 Å². The second kappa shape index (κ2) is 9.51. The molecule has 1 aliphatic rings. The molecule has 1 aromatic rings. The van der Waals surface area contributed by atoms with Crippen molar-refractivity contribution in [3.8, 4) is 0 Å². The number of esters is 1. The molecule has 0 N–H and O–H groups in total. The first-order chi connectivity index (χ1) is 13.6. The molecule has 1 saturated heterocycles. The van der Waals surface area contributed by atoms with E-state index in [0.29, 0.717) is 38.7 Å². The maximum atomic E-state index is 12.5. The van der Waals surface area contributed by atoms with Crippen molar-refractivity contribution in [2.75, 3.05) is 43.9 Å². The van der Waals surface area contributed by atoms with Crippen LogP contribution in [0.15, 0.2) is 0 Å². The molecular weight excluding hydrogens is 396 g/mol. The molecule has 2 heterocycles. The summed E-state index contributed by atoms with van der Waals surface area (Å²) in [5.74, 6) is -0.0188. The normalized spacial score (nSPS) is 14.7. The highest BCUT2D eigenvalue weighted by Gasteiger charge is 2.32. The Hall–Kier alpha value is -2.23. The predicted molar refractivity (Wildman–Crippen MR) is 112 cm³/mol. The monoisotopic (exact) mass is 426 g/mol. The minimum Gasteiger partial charge on any atom is -0.461 e. The Labute approximate surface area is 175 Å². The van der Waals surface area contributed by atoms with Gasteiger partial charge in [0.05, 0.1) is 6.61 Å². The molecular formula is C19H30N4O5S. The molecule has 29 heavy (non-hydrogen) atoms. The van der Waals surface area contributed by atoms with E-state index in [1.807, 2.05) is 32.6 Å². The zero-order valence-corrected chi connectivity index (χ0v) is 18.8. The molecule has 1 amide bonds. The van der Waals surface area contributed by atoms with Crippen LogP contribution in [-0.2, 0) is 16.0 Å². The van der Waals surface area contributed by atoms with Gasteiger partial charge in [0.15, 0.2) is 11.4 Å². The lowest BCUT2D eigenvalue weighted by Crippen LogP contribution is -2.50. The summed E-state index contributed by atoms with van der Waals surface area (Å²) in [7, 11) is 0. The minimum absolute atomic E-state index is 0.113. The summed E-state index contributed by atoms with van der Waals surface area (Å²) in [5, 5.41) is -0.283. The number of amides is 1. The summed E-state index contributed by atoms with van der Waals surface area (Å²) >= 11 is 1.01. The number of hydrogen-bond acceptors (Lipinski definition) is 8. The van der Waals surface area contributed by atoms with Gasteiger partial charge >= 0.3 is 12.1 Å². The number of imidazole rings is 1. The Balaban J connectivity index is 2.26. The summed E-state index contributed by atoms with van der Waals surface area (Å²) in [4.78, 5) is 45.3. The van der Waals surface area contributed by atoms with Gasteiger partial charge in [-0.05, 0) is 40.9 Å². The van der Waals surface area contributed by atoms with Crippen molar-refractivity contribution in [2.24, 2.45) is 0 Å². The number of hydrogen-bond donors (Lipinski definition) is 0. The van der Waals surface area contributed by atoms with E-state index in [1.54, 1.807) is 22.6 Å². The minimum atomic E-state index is -0.558. The SMILES string of the molecule is CCOC(=O)c1c(C(=O)SC)nc(N2CCN(C(=O)OC(C)(C)C)CC2)n1CC. The lowest BCUT2D eigenvalue weighted by molar-refractivity contribution is 0.0239. The van der Waals surface area contributed by atoms with E-state index in [0.717, 1.165) is 11.8 Å². The van der Waals surface area contributed by atoms with Crippen LogP contribution in [0.25, 0.3) is 0 Å². The van der Waals surface area contributed by atoms with Gasteiger partial charge in [-0.1, -0.05) is 11.8 Å². The fraction of sp³-hybridized carbons (Fsp3) is 0.684. The molecule has 0 aromatic carbocycles. The van der Waals surface area contributed by atoms with Crippen LogP contribution in [0.4, 0.5) is 10.7 Å². The maximum absolute atomic E-state index is 12.5. The number of nitrogens with zero attached hydrogens (tertiary/aromatic N) is 4. The molecule has 0 spiro atoms. The Bertz CT molecular complexity index is 763. The van der Waals surface area contributed by atoms with E-state index in [4.69, 9.17) is 9.47 Å². The highest BCUT2D eigenvalue weighted by Crippen LogP contribution is 2.25. The van der Waals surface area contributed by atoms with Crippen LogP contribution < -0.4 is 4.90 Å². The van der Waals surface area contributed by atoms with Crippen LogP contribution in [-0.4, -0.2) is 76.3 Å². The number of piperazine rings is 1. The van der Waals surface area contributed by atoms with Crippen LogP contribution >= 0.6 is 11.8 Å². The Morgan fingerprint density at radius 3 is 2.21 bits per heavy atom. The first kappa shape index (κ1) is 23.1. The van der Waals surface area contributed by atoms with Crippen LogP contribution in [0.2, 0.25) is 0 Å². The van der Waals surface area contributed by atoms with Gasteiger partial charge in [-0.2, -0.15) is 0 Å². The van der Waals surface area contributed by atoms with E-state index < -0.39 is 11.6 Å². The lowest BCUT2D eigenvalue weighted by atomic mass is 10.2. The third-order valence-electron chi connectivity index (χ3n) is 4.33. The number of anilines is 1. The van der Waals surface area contributed by atoms with Crippen LogP contribution in [0.3, 0.4) is 0 Å². The summed E-state index contributed by atoms with van der Waals surface area (Å²) < 4.78 is 12.3. The molecule has 0 atom stereocenters. The summed E-state index contributed by atoms with van der Waals surface area (Å²) in [6.07, 6.45) is 1.31. The Morgan fingerprint density at radius 1 is 1.10 bits per heavy atom. The topological polar surface area (TPSA) is 94.0 Å². The van der Waals surface area contributed by atoms with Gasteiger partial charge in [0.25, 0.3) is 0 Å². The van der Waals surface area contributed by atoms with Crippen molar-refractivity contribution < 1.29 is 23.9 Å². The van der Waals surface area contributed by atoms with Crippen molar-refractivity contribution >= 4 is 34.9 Å². The van der Waals surface area contributed by atoms with E-state index in [9.17, 15) is 14.4 Å². The molecule has 0 aliphatic carbocycles. The fourth-order valence-electron chi connectivity index (χ4n) is 3.04. The molecule has 2 rings (SSSR count). The summed E-state index contributed by atoms with van der Waals surface area (Å²) in [5.41, 5.74) is -0.255. The summed E-state index contributed by atoms with van der Waals surface area (Å²) in [6, 6.07) is 0. The van der Waals surface area contributed by atoms with Crippen molar-refractivity contribution in [3.05, 3.63) is 11.4 Å².